The van der Waals surface area contributed by atoms with Crippen LogP contribution in [0.3, 0.4) is 0 Å². The Morgan fingerprint density at radius 1 is 1.25 bits per heavy atom. The monoisotopic (exact) mass is 285 g/mol. The second kappa shape index (κ2) is 5.17. The van der Waals surface area contributed by atoms with Crippen LogP contribution in [0.1, 0.15) is 11.3 Å². The molecule has 0 bridgehead atoms. The Morgan fingerprint density at radius 2 is 2.05 bits per heavy atom. The lowest BCUT2D eigenvalue weighted by atomic mass is 10.3. The fourth-order valence-electron chi connectivity index (χ4n) is 1.67. The lowest BCUT2D eigenvalue weighted by Gasteiger charge is -1.96. The number of rotatable bonds is 3. The average molecular weight is 285 g/mol. The van der Waals surface area contributed by atoms with Crippen LogP contribution < -0.4 is 0 Å². The average Bonchev–Trinajstić information content (AvgIpc) is 3.04. The molecular weight excluding hydrogens is 274 g/mol. The molecule has 3 heterocycles. The minimum Gasteiger partial charge on any atom is -0.282 e. The molecule has 20 heavy (non-hydrogen) atoms. The molecule has 0 saturated heterocycles. The quantitative estimate of drug-likeness (QED) is 0.568. The Morgan fingerprint density at radius 3 is 2.75 bits per heavy atom. The third-order valence-electron chi connectivity index (χ3n) is 2.61. The summed E-state index contributed by atoms with van der Waals surface area (Å²) in [5.74, 6) is 0.560. The van der Waals surface area contributed by atoms with E-state index in [4.69, 9.17) is 12.2 Å². The normalized spacial score (nSPS) is 11.2. The standard InChI is InChI=1S/C12H11N7S/c1-8-6-10(16-15-8)11-17-18-12(20)19(11)14-7-9-2-4-13-5-3-9/h2-7H,1H3,(H,15,16)(H,18,20)/b14-7+. The molecule has 0 fully saturated rings. The van der Waals surface area contributed by atoms with Crippen molar-refractivity contribution >= 4 is 18.4 Å². The van der Waals surface area contributed by atoms with Crippen molar-refractivity contribution in [3.05, 3.63) is 46.6 Å². The summed E-state index contributed by atoms with van der Waals surface area (Å²) in [4.78, 5) is 3.95. The molecule has 0 aliphatic rings. The molecule has 0 aromatic carbocycles. The molecule has 0 unspecified atom stereocenters. The summed E-state index contributed by atoms with van der Waals surface area (Å²) in [6.07, 6.45) is 5.10. The van der Waals surface area contributed by atoms with E-state index in [-0.39, 0.29) is 0 Å². The van der Waals surface area contributed by atoms with Crippen molar-refractivity contribution < 1.29 is 0 Å². The van der Waals surface area contributed by atoms with Crippen LogP contribution in [0.5, 0.6) is 0 Å². The van der Waals surface area contributed by atoms with E-state index >= 15 is 0 Å². The molecule has 2 N–H and O–H groups in total. The predicted octanol–water partition coefficient (Wildman–Crippen LogP) is 1.92. The van der Waals surface area contributed by atoms with Crippen molar-refractivity contribution in [3.63, 3.8) is 0 Å². The second-order valence-corrected chi connectivity index (χ2v) is 4.51. The van der Waals surface area contributed by atoms with Gasteiger partial charge in [0, 0.05) is 18.1 Å². The first-order chi connectivity index (χ1) is 9.74. The zero-order valence-electron chi connectivity index (χ0n) is 10.6. The Hall–Kier alpha value is -2.61. The van der Waals surface area contributed by atoms with E-state index in [0.717, 1.165) is 11.3 Å². The van der Waals surface area contributed by atoms with Gasteiger partial charge in [0.25, 0.3) is 0 Å². The summed E-state index contributed by atoms with van der Waals surface area (Å²) < 4.78 is 1.94. The smallest absolute Gasteiger partial charge is 0.216 e. The molecule has 100 valence electrons. The third kappa shape index (κ3) is 2.41. The van der Waals surface area contributed by atoms with Gasteiger partial charge in [0.15, 0.2) is 0 Å². The molecule has 3 aromatic heterocycles. The summed E-state index contributed by atoms with van der Waals surface area (Å²) in [5.41, 5.74) is 2.55. The van der Waals surface area contributed by atoms with Crippen LogP contribution in [-0.4, -0.2) is 36.3 Å². The van der Waals surface area contributed by atoms with Crippen LogP contribution in [0.15, 0.2) is 35.7 Å². The minimum atomic E-state index is 0.408. The number of aromatic amines is 2. The molecule has 0 radical (unpaired) electrons. The summed E-state index contributed by atoms with van der Waals surface area (Å²) in [6.45, 7) is 1.92. The van der Waals surface area contributed by atoms with Crippen molar-refractivity contribution in [2.24, 2.45) is 5.10 Å². The van der Waals surface area contributed by atoms with Crippen LogP contribution in [0, 0.1) is 11.7 Å². The summed E-state index contributed by atoms with van der Waals surface area (Å²) in [6, 6.07) is 5.58. The number of nitrogens with zero attached hydrogens (tertiary/aromatic N) is 5. The molecule has 0 aliphatic carbocycles. The molecule has 0 amide bonds. The summed E-state index contributed by atoms with van der Waals surface area (Å²) in [7, 11) is 0. The van der Waals surface area contributed by atoms with Crippen molar-refractivity contribution in [2.45, 2.75) is 6.92 Å². The first-order valence-electron chi connectivity index (χ1n) is 5.88. The highest BCUT2D eigenvalue weighted by molar-refractivity contribution is 7.71. The van der Waals surface area contributed by atoms with E-state index in [9.17, 15) is 0 Å². The lowest BCUT2D eigenvalue weighted by Crippen LogP contribution is -1.95. The number of pyridine rings is 1. The van der Waals surface area contributed by atoms with Crippen molar-refractivity contribution in [1.82, 2.24) is 30.1 Å². The summed E-state index contributed by atoms with van der Waals surface area (Å²) >= 11 is 5.18. The summed E-state index contributed by atoms with van der Waals surface area (Å²) in [5, 5.41) is 18.2. The van der Waals surface area contributed by atoms with Crippen molar-refractivity contribution in [2.75, 3.05) is 0 Å². The molecule has 3 rings (SSSR count). The molecule has 0 saturated carbocycles. The molecule has 0 spiro atoms. The highest BCUT2D eigenvalue weighted by atomic mass is 32.1. The first kappa shape index (κ1) is 12.4. The van der Waals surface area contributed by atoms with Gasteiger partial charge >= 0.3 is 0 Å². The van der Waals surface area contributed by atoms with E-state index in [1.165, 1.54) is 4.68 Å². The Balaban J connectivity index is 2.00. The topological polar surface area (TPSA) is 87.5 Å². The molecule has 0 atom stereocenters. The Kier molecular flexibility index (Phi) is 3.21. The number of H-pyrrole nitrogens is 2. The van der Waals surface area contributed by atoms with E-state index in [1.807, 2.05) is 25.1 Å². The van der Waals surface area contributed by atoms with Gasteiger partial charge in [-0.2, -0.15) is 20.0 Å². The SMILES string of the molecule is Cc1cc(-c2n[nH]c(=S)n2/N=C/c2ccncc2)n[nH]1. The van der Waals surface area contributed by atoms with Gasteiger partial charge in [-0.1, -0.05) is 0 Å². The minimum absolute atomic E-state index is 0.408. The lowest BCUT2D eigenvalue weighted by molar-refractivity contribution is 0.865. The Labute approximate surface area is 119 Å². The van der Waals surface area contributed by atoms with Crippen LogP contribution in [0.25, 0.3) is 11.5 Å². The highest BCUT2D eigenvalue weighted by Crippen LogP contribution is 2.15. The van der Waals surface area contributed by atoms with E-state index in [1.54, 1.807) is 18.6 Å². The Bertz CT molecular complexity index is 797. The number of aromatic nitrogens is 6. The zero-order chi connectivity index (χ0) is 13.9. The maximum Gasteiger partial charge on any atom is 0.216 e. The predicted molar refractivity (Wildman–Crippen MR) is 77.0 cm³/mol. The van der Waals surface area contributed by atoms with Crippen LogP contribution in [0.4, 0.5) is 0 Å². The zero-order valence-corrected chi connectivity index (χ0v) is 11.4. The maximum absolute atomic E-state index is 5.18. The third-order valence-corrected chi connectivity index (χ3v) is 2.88. The number of nitrogens with one attached hydrogen (secondary N) is 2. The van der Waals surface area contributed by atoms with E-state index in [0.29, 0.717) is 16.3 Å². The number of aryl methyl sites for hydroxylation is 1. The fraction of sp³-hybridized carbons (Fsp3) is 0.0833. The van der Waals surface area contributed by atoms with E-state index in [2.05, 4.69) is 30.5 Å². The maximum atomic E-state index is 5.18. The van der Waals surface area contributed by atoms with Crippen LogP contribution in [-0.2, 0) is 0 Å². The molecule has 7 nitrogen and oxygen atoms in total. The van der Waals surface area contributed by atoms with Crippen molar-refractivity contribution in [3.8, 4) is 11.5 Å². The van der Waals surface area contributed by atoms with Gasteiger partial charge in [0.05, 0.1) is 6.21 Å². The van der Waals surface area contributed by atoms with Gasteiger partial charge in [-0.15, -0.1) is 0 Å². The molecular formula is C12H11N7S. The highest BCUT2D eigenvalue weighted by Gasteiger charge is 2.10. The van der Waals surface area contributed by atoms with E-state index < -0.39 is 0 Å². The van der Waals surface area contributed by atoms with Crippen LogP contribution >= 0.6 is 12.2 Å². The van der Waals surface area contributed by atoms with Gasteiger partial charge in [0.2, 0.25) is 10.6 Å². The molecule has 3 aromatic rings. The second-order valence-electron chi connectivity index (χ2n) is 4.13. The first-order valence-corrected chi connectivity index (χ1v) is 6.29. The fourth-order valence-corrected chi connectivity index (χ4v) is 1.85. The number of hydrogen-bond donors (Lipinski definition) is 2. The van der Waals surface area contributed by atoms with Gasteiger partial charge < -0.3 is 0 Å². The van der Waals surface area contributed by atoms with Gasteiger partial charge in [0.1, 0.15) is 5.69 Å². The van der Waals surface area contributed by atoms with Gasteiger partial charge in [-0.3, -0.25) is 10.1 Å². The molecule has 0 aliphatic heterocycles. The molecule has 8 heteroatoms. The van der Waals surface area contributed by atoms with Crippen LogP contribution in [0.2, 0.25) is 0 Å². The van der Waals surface area contributed by atoms with Gasteiger partial charge in [-0.25, -0.2) is 5.10 Å². The number of hydrogen-bond acceptors (Lipinski definition) is 5. The van der Waals surface area contributed by atoms with Gasteiger partial charge in [-0.05, 0) is 42.9 Å². The van der Waals surface area contributed by atoms with Crippen molar-refractivity contribution in [1.29, 1.82) is 0 Å². The largest absolute Gasteiger partial charge is 0.282 e.